The Bertz CT molecular complexity index is 751. The van der Waals surface area contributed by atoms with Crippen LogP contribution >= 0.6 is 11.3 Å². The van der Waals surface area contributed by atoms with E-state index in [-0.39, 0.29) is 18.0 Å². The van der Waals surface area contributed by atoms with Crippen molar-refractivity contribution in [1.29, 1.82) is 0 Å². The molecular weight excluding hydrogens is 354 g/mol. The molecule has 2 heterocycles. The first-order chi connectivity index (χ1) is 13.0. The number of aryl methyl sites for hydroxylation is 2. The smallest absolute Gasteiger partial charge is 0.251 e. The molecule has 0 unspecified atom stereocenters. The zero-order valence-corrected chi connectivity index (χ0v) is 17.7. The average molecular weight is 386 g/mol. The van der Waals surface area contributed by atoms with Crippen molar-refractivity contribution in [3.63, 3.8) is 0 Å². The summed E-state index contributed by atoms with van der Waals surface area (Å²) in [5.41, 5.74) is 3.11. The van der Waals surface area contributed by atoms with Crippen molar-refractivity contribution < 1.29 is 4.79 Å². The van der Waals surface area contributed by atoms with Crippen molar-refractivity contribution in [3.8, 4) is 0 Å². The summed E-state index contributed by atoms with van der Waals surface area (Å²) in [6.45, 7) is 13.9. The Morgan fingerprint density at radius 2 is 1.89 bits per heavy atom. The summed E-state index contributed by atoms with van der Waals surface area (Å²) < 4.78 is 0. The second-order valence-electron chi connectivity index (χ2n) is 7.49. The Balaban J connectivity index is 1.74. The number of thiophene rings is 1. The van der Waals surface area contributed by atoms with Crippen LogP contribution in [0, 0.1) is 13.8 Å². The van der Waals surface area contributed by atoms with Gasteiger partial charge in [-0.2, -0.15) is 0 Å². The van der Waals surface area contributed by atoms with Gasteiger partial charge in [0.1, 0.15) is 0 Å². The lowest BCUT2D eigenvalue weighted by Gasteiger charge is -2.41. The number of likely N-dealkylation sites (N-methyl/N-ethyl adjacent to an activating group) is 1. The maximum absolute atomic E-state index is 12.8. The number of benzene rings is 1. The number of hydrogen-bond donors (Lipinski definition) is 1. The first-order valence-electron chi connectivity index (χ1n) is 9.87. The van der Waals surface area contributed by atoms with E-state index in [4.69, 9.17) is 0 Å². The summed E-state index contributed by atoms with van der Waals surface area (Å²) in [4.78, 5) is 19.2. The lowest BCUT2D eigenvalue weighted by molar-refractivity contribution is 0.0753. The number of nitrogens with zero attached hydrogens (tertiary/aromatic N) is 2. The van der Waals surface area contributed by atoms with E-state index >= 15 is 0 Å². The molecule has 1 aromatic carbocycles. The highest BCUT2D eigenvalue weighted by Crippen LogP contribution is 2.29. The molecule has 1 aliphatic rings. The zero-order valence-electron chi connectivity index (χ0n) is 16.9. The number of carbonyl (C=O) groups is 1. The lowest BCUT2D eigenvalue weighted by atomic mass is 10.0. The Morgan fingerprint density at radius 1 is 1.15 bits per heavy atom. The third-order valence-corrected chi connectivity index (χ3v) is 6.63. The molecule has 146 valence electrons. The number of hydrogen-bond acceptors (Lipinski definition) is 4. The Hall–Kier alpha value is -1.69. The van der Waals surface area contributed by atoms with Crippen LogP contribution < -0.4 is 5.32 Å². The minimum absolute atomic E-state index is 0.0133. The van der Waals surface area contributed by atoms with Gasteiger partial charge in [-0.1, -0.05) is 19.1 Å². The molecule has 1 amide bonds. The van der Waals surface area contributed by atoms with Crippen LogP contribution in [0.3, 0.4) is 0 Å². The molecule has 1 aromatic heterocycles. The van der Waals surface area contributed by atoms with Crippen LogP contribution in [0.15, 0.2) is 35.7 Å². The second kappa shape index (κ2) is 9.00. The number of carbonyl (C=O) groups excluding carboxylic acids is 1. The molecule has 1 aliphatic heterocycles. The second-order valence-corrected chi connectivity index (χ2v) is 8.47. The van der Waals surface area contributed by atoms with E-state index in [1.54, 1.807) is 11.3 Å². The van der Waals surface area contributed by atoms with Gasteiger partial charge in [0.05, 0.1) is 6.04 Å². The zero-order chi connectivity index (χ0) is 19.4. The van der Waals surface area contributed by atoms with Crippen molar-refractivity contribution in [2.75, 3.05) is 32.7 Å². The highest BCUT2D eigenvalue weighted by molar-refractivity contribution is 7.10. The molecule has 1 N–H and O–H groups in total. The topological polar surface area (TPSA) is 35.6 Å². The average Bonchev–Trinajstić information content (AvgIpc) is 3.18. The van der Waals surface area contributed by atoms with Gasteiger partial charge in [-0.25, -0.2) is 0 Å². The van der Waals surface area contributed by atoms with Crippen molar-refractivity contribution >= 4 is 17.2 Å². The predicted molar refractivity (Wildman–Crippen MR) is 114 cm³/mol. The third kappa shape index (κ3) is 4.78. The Labute approximate surface area is 167 Å². The monoisotopic (exact) mass is 385 g/mol. The molecule has 4 nitrogen and oxygen atoms in total. The Morgan fingerprint density at radius 3 is 2.48 bits per heavy atom. The summed E-state index contributed by atoms with van der Waals surface area (Å²) >= 11 is 1.78. The van der Waals surface area contributed by atoms with Crippen LogP contribution in [0.25, 0.3) is 0 Å². The molecule has 5 heteroatoms. The molecule has 2 aromatic rings. The van der Waals surface area contributed by atoms with Gasteiger partial charge in [-0.3, -0.25) is 9.69 Å². The van der Waals surface area contributed by atoms with Gasteiger partial charge in [0, 0.05) is 42.7 Å². The number of amides is 1. The van der Waals surface area contributed by atoms with Crippen LogP contribution in [-0.4, -0.2) is 54.5 Å². The van der Waals surface area contributed by atoms with Gasteiger partial charge < -0.3 is 10.2 Å². The fraction of sp³-hybridized carbons (Fsp3) is 0.500. The Kier molecular flexibility index (Phi) is 6.68. The number of nitrogens with one attached hydrogen (secondary N) is 1. The van der Waals surface area contributed by atoms with Gasteiger partial charge in [0.15, 0.2) is 0 Å². The highest BCUT2D eigenvalue weighted by atomic mass is 32.1. The molecule has 0 spiro atoms. The van der Waals surface area contributed by atoms with E-state index in [0.717, 1.165) is 43.9 Å². The highest BCUT2D eigenvalue weighted by Gasteiger charge is 2.30. The first kappa shape index (κ1) is 20.1. The van der Waals surface area contributed by atoms with Gasteiger partial charge in [-0.05, 0) is 62.0 Å². The number of piperazine rings is 1. The SMILES string of the molecule is CCN1CCN([C@H](c2cccs2)[C@@H](C)NC(=O)c2ccc(C)c(C)c2)CC1. The largest absolute Gasteiger partial charge is 0.348 e. The maximum Gasteiger partial charge on any atom is 0.251 e. The normalized spacial score (nSPS) is 18.2. The molecule has 1 fully saturated rings. The molecule has 3 rings (SSSR count). The maximum atomic E-state index is 12.8. The summed E-state index contributed by atoms with van der Waals surface area (Å²) in [6.07, 6.45) is 0. The quantitative estimate of drug-likeness (QED) is 0.820. The van der Waals surface area contributed by atoms with Crippen molar-refractivity contribution in [2.24, 2.45) is 0 Å². The lowest BCUT2D eigenvalue weighted by Crippen LogP contribution is -2.52. The molecule has 0 aliphatic carbocycles. The van der Waals surface area contributed by atoms with Crippen molar-refractivity contribution in [2.45, 2.75) is 39.8 Å². The van der Waals surface area contributed by atoms with Crippen LogP contribution in [0.4, 0.5) is 0 Å². The molecule has 0 radical (unpaired) electrons. The van der Waals surface area contributed by atoms with E-state index < -0.39 is 0 Å². The molecule has 1 saturated heterocycles. The van der Waals surface area contributed by atoms with Crippen molar-refractivity contribution in [1.82, 2.24) is 15.1 Å². The van der Waals surface area contributed by atoms with Crippen LogP contribution in [0.1, 0.15) is 46.3 Å². The third-order valence-electron chi connectivity index (χ3n) is 5.68. The summed E-state index contributed by atoms with van der Waals surface area (Å²) in [5.74, 6) is 0.0133. The molecule has 0 saturated carbocycles. The summed E-state index contributed by atoms with van der Waals surface area (Å²) in [7, 11) is 0. The van der Waals surface area contributed by atoms with Gasteiger partial charge in [0.25, 0.3) is 5.91 Å². The van der Waals surface area contributed by atoms with Gasteiger partial charge in [-0.15, -0.1) is 11.3 Å². The molecule has 0 bridgehead atoms. The summed E-state index contributed by atoms with van der Waals surface area (Å²) in [6, 6.07) is 10.5. The summed E-state index contributed by atoms with van der Waals surface area (Å²) in [5, 5.41) is 5.39. The predicted octanol–water partition coefficient (Wildman–Crippen LogP) is 3.86. The van der Waals surface area contributed by atoms with E-state index in [2.05, 4.69) is 60.3 Å². The first-order valence-corrected chi connectivity index (χ1v) is 10.8. The van der Waals surface area contributed by atoms with E-state index in [1.165, 1.54) is 10.4 Å². The molecular formula is C22H31N3OS. The standard InChI is InChI=1S/C22H31N3OS/c1-5-24-10-12-25(13-11-24)21(20-7-6-14-27-20)18(4)23-22(26)19-9-8-16(2)17(3)15-19/h6-9,14-15,18,21H,5,10-13H2,1-4H3,(H,23,26)/t18-,21+/m1/s1. The van der Waals surface area contributed by atoms with Crippen molar-refractivity contribution in [3.05, 3.63) is 57.3 Å². The van der Waals surface area contributed by atoms with E-state index in [1.807, 2.05) is 18.2 Å². The van der Waals surface area contributed by atoms with Crippen LogP contribution in [0.5, 0.6) is 0 Å². The van der Waals surface area contributed by atoms with Gasteiger partial charge in [0.2, 0.25) is 0 Å². The fourth-order valence-corrected chi connectivity index (χ4v) is 4.78. The van der Waals surface area contributed by atoms with Crippen LogP contribution in [0.2, 0.25) is 0 Å². The van der Waals surface area contributed by atoms with Gasteiger partial charge >= 0.3 is 0 Å². The minimum atomic E-state index is 0.0133. The van der Waals surface area contributed by atoms with Crippen LogP contribution in [-0.2, 0) is 0 Å². The fourth-order valence-electron chi connectivity index (χ4n) is 3.81. The number of rotatable bonds is 6. The van der Waals surface area contributed by atoms with E-state index in [0.29, 0.717) is 0 Å². The molecule has 2 atom stereocenters. The van der Waals surface area contributed by atoms with E-state index in [9.17, 15) is 4.79 Å². The minimum Gasteiger partial charge on any atom is -0.348 e. The molecule has 27 heavy (non-hydrogen) atoms.